The minimum Gasteiger partial charge on any atom is -0.389 e. The van der Waals surface area contributed by atoms with Crippen LogP contribution in [0, 0.1) is 6.92 Å². The van der Waals surface area contributed by atoms with E-state index in [2.05, 4.69) is 35.2 Å². The number of thiazole rings is 1. The summed E-state index contributed by atoms with van der Waals surface area (Å²) in [5, 5.41) is 17.2. The lowest BCUT2D eigenvalue weighted by Crippen LogP contribution is -2.49. The van der Waals surface area contributed by atoms with Gasteiger partial charge in [-0.3, -0.25) is 14.6 Å². The molecular formula is C33H39N5O3S. The molecule has 0 aliphatic carbocycles. The van der Waals surface area contributed by atoms with Gasteiger partial charge in [0.05, 0.1) is 30.6 Å². The fraction of sp³-hybridized carbons (Fsp3) is 0.333. The molecule has 2 N–H and O–H groups in total. The molecule has 0 saturated carbocycles. The van der Waals surface area contributed by atoms with Crippen molar-refractivity contribution in [3.63, 3.8) is 0 Å². The average molecular weight is 586 g/mol. The molecule has 9 heteroatoms. The third kappa shape index (κ3) is 8.24. The number of carbonyl (C=O) groups is 2. The van der Waals surface area contributed by atoms with Gasteiger partial charge >= 0.3 is 0 Å². The molecular weight excluding hydrogens is 546 g/mol. The minimum atomic E-state index is -0.875. The van der Waals surface area contributed by atoms with Gasteiger partial charge in [-0.1, -0.05) is 50.2 Å². The third-order valence-corrected chi connectivity index (χ3v) is 8.10. The highest BCUT2D eigenvalue weighted by molar-refractivity contribution is 7.09. The Kier molecular flexibility index (Phi) is 10.4. The molecule has 42 heavy (non-hydrogen) atoms. The molecule has 2 amide bonds. The SMILES string of the molecule is Cc1csc(CN(C)C(=O)c2cccc(C(=O)N[C@@H](Cc3ccccc3)[C@@H](O)CN(C)c3cncc(C(C)C)c3)c2)n1. The highest BCUT2D eigenvalue weighted by Gasteiger charge is 2.25. The van der Waals surface area contributed by atoms with Crippen LogP contribution in [-0.2, 0) is 13.0 Å². The Hall–Kier alpha value is -4.08. The van der Waals surface area contributed by atoms with Gasteiger partial charge in [0.15, 0.2) is 0 Å². The van der Waals surface area contributed by atoms with E-state index in [-0.39, 0.29) is 11.8 Å². The first-order valence-electron chi connectivity index (χ1n) is 14.1. The molecule has 2 aromatic carbocycles. The summed E-state index contributed by atoms with van der Waals surface area (Å²) in [6.45, 7) is 6.83. The quantitative estimate of drug-likeness (QED) is 0.241. The van der Waals surface area contributed by atoms with Gasteiger partial charge in [0, 0.05) is 49.0 Å². The van der Waals surface area contributed by atoms with Crippen molar-refractivity contribution in [3.8, 4) is 0 Å². The number of nitrogens with one attached hydrogen (secondary N) is 1. The van der Waals surface area contributed by atoms with Crippen molar-refractivity contribution in [2.45, 2.75) is 51.8 Å². The van der Waals surface area contributed by atoms with Crippen molar-refractivity contribution in [1.29, 1.82) is 0 Å². The van der Waals surface area contributed by atoms with Gasteiger partial charge in [0.2, 0.25) is 0 Å². The second-order valence-electron chi connectivity index (χ2n) is 11.0. The number of hydrogen-bond acceptors (Lipinski definition) is 7. The molecule has 220 valence electrons. The number of carbonyl (C=O) groups excluding carboxylic acids is 2. The second-order valence-corrected chi connectivity index (χ2v) is 11.9. The van der Waals surface area contributed by atoms with Crippen molar-refractivity contribution >= 4 is 28.8 Å². The van der Waals surface area contributed by atoms with E-state index in [4.69, 9.17) is 0 Å². The summed E-state index contributed by atoms with van der Waals surface area (Å²) in [6, 6.07) is 18.0. The average Bonchev–Trinajstić information content (AvgIpc) is 3.40. The van der Waals surface area contributed by atoms with Gasteiger partial charge in [-0.25, -0.2) is 4.98 Å². The molecule has 0 aliphatic rings. The van der Waals surface area contributed by atoms with Gasteiger partial charge < -0.3 is 20.2 Å². The largest absolute Gasteiger partial charge is 0.389 e. The van der Waals surface area contributed by atoms with Crippen LogP contribution in [0.4, 0.5) is 5.69 Å². The van der Waals surface area contributed by atoms with Crippen LogP contribution in [0.1, 0.15) is 62.3 Å². The number of likely N-dealkylation sites (N-methyl/N-ethyl adjacent to an activating group) is 1. The number of aliphatic hydroxyl groups is 1. The molecule has 8 nitrogen and oxygen atoms in total. The smallest absolute Gasteiger partial charge is 0.253 e. The number of benzene rings is 2. The van der Waals surface area contributed by atoms with Crippen LogP contribution in [-0.4, -0.2) is 64.6 Å². The lowest BCUT2D eigenvalue weighted by molar-refractivity contribution is 0.0784. The molecule has 0 radical (unpaired) electrons. The summed E-state index contributed by atoms with van der Waals surface area (Å²) in [7, 11) is 3.63. The predicted molar refractivity (Wildman–Crippen MR) is 168 cm³/mol. The summed E-state index contributed by atoms with van der Waals surface area (Å²) >= 11 is 1.51. The van der Waals surface area contributed by atoms with Crippen molar-refractivity contribution in [1.82, 2.24) is 20.2 Å². The van der Waals surface area contributed by atoms with Gasteiger partial charge in [-0.15, -0.1) is 11.3 Å². The van der Waals surface area contributed by atoms with E-state index in [1.54, 1.807) is 42.4 Å². The second kappa shape index (κ2) is 14.2. The van der Waals surface area contributed by atoms with E-state index in [1.165, 1.54) is 11.3 Å². The number of aryl methyl sites for hydroxylation is 1. The van der Waals surface area contributed by atoms with Crippen molar-refractivity contribution in [3.05, 3.63) is 111 Å². The first kappa shape index (κ1) is 30.9. The van der Waals surface area contributed by atoms with Crippen molar-refractivity contribution < 1.29 is 14.7 Å². The van der Waals surface area contributed by atoms with E-state index < -0.39 is 12.1 Å². The summed E-state index contributed by atoms with van der Waals surface area (Å²) in [5.74, 6) is -0.217. The fourth-order valence-corrected chi connectivity index (χ4v) is 5.47. The standard InChI is InChI=1S/C33H39N5O3S/c1-22(2)27-16-28(18-34-17-27)37(4)19-30(39)29(14-24-10-7-6-8-11-24)36-32(40)25-12-9-13-26(15-25)33(41)38(5)20-31-35-23(3)21-42-31/h6-13,15-18,21-22,29-30,39H,14,19-20H2,1-5H3,(H,36,40)/t29-,30-/m0/s1. The molecule has 4 aromatic rings. The molecule has 4 rings (SSSR count). The van der Waals surface area contributed by atoms with Gasteiger partial charge in [-0.2, -0.15) is 0 Å². The maximum Gasteiger partial charge on any atom is 0.253 e. The maximum absolute atomic E-state index is 13.5. The zero-order chi connectivity index (χ0) is 30.2. The lowest BCUT2D eigenvalue weighted by atomic mass is 9.99. The Labute approximate surface area is 252 Å². The molecule has 0 bridgehead atoms. The number of pyridine rings is 1. The number of hydrogen-bond donors (Lipinski definition) is 2. The van der Waals surface area contributed by atoms with Gasteiger partial charge in [0.25, 0.3) is 11.8 Å². The molecule has 0 saturated heterocycles. The molecule has 0 aliphatic heterocycles. The Morgan fingerprint density at radius 3 is 2.43 bits per heavy atom. The number of aromatic nitrogens is 2. The number of nitrogens with zero attached hydrogens (tertiary/aromatic N) is 4. The molecule has 2 atom stereocenters. The number of rotatable bonds is 12. The van der Waals surface area contributed by atoms with Crippen LogP contribution in [0.2, 0.25) is 0 Å². The van der Waals surface area contributed by atoms with Crippen LogP contribution in [0.15, 0.2) is 78.4 Å². The molecule has 2 heterocycles. The Morgan fingerprint density at radius 1 is 1.00 bits per heavy atom. The summed E-state index contributed by atoms with van der Waals surface area (Å²) < 4.78 is 0. The molecule has 0 unspecified atom stereocenters. The minimum absolute atomic E-state index is 0.197. The predicted octanol–water partition coefficient (Wildman–Crippen LogP) is 5.08. The highest BCUT2D eigenvalue weighted by Crippen LogP contribution is 2.20. The van der Waals surface area contributed by atoms with E-state index in [0.717, 1.165) is 27.5 Å². The number of amides is 2. The maximum atomic E-state index is 13.5. The van der Waals surface area contributed by atoms with E-state index in [9.17, 15) is 14.7 Å². The summed E-state index contributed by atoms with van der Waals surface area (Å²) in [6.07, 6.45) is 3.20. The highest BCUT2D eigenvalue weighted by atomic mass is 32.1. The van der Waals surface area contributed by atoms with Crippen molar-refractivity contribution in [2.75, 3.05) is 25.5 Å². The van der Waals surface area contributed by atoms with E-state index in [0.29, 0.717) is 36.6 Å². The molecule has 0 fully saturated rings. The third-order valence-electron chi connectivity index (χ3n) is 7.15. The van der Waals surface area contributed by atoms with Crippen molar-refractivity contribution in [2.24, 2.45) is 0 Å². The molecule has 0 spiro atoms. The van der Waals surface area contributed by atoms with Crippen LogP contribution in [0.3, 0.4) is 0 Å². The zero-order valence-electron chi connectivity index (χ0n) is 24.8. The Morgan fingerprint density at radius 2 is 1.74 bits per heavy atom. The lowest BCUT2D eigenvalue weighted by Gasteiger charge is -2.29. The first-order chi connectivity index (χ1) is 20.1. The van der Waals surface area contributed by atoms with Crippen LogP contribution in [0.5, 0.6) is 0 Å². The van der Waals surface area contributed by atoms with Crippen LogP contribution >= 0.6 is 11.3 Å². The summed E-state index contributed by atoms with van der Waals surface area (Å²) in [5.41, 5.74) is 4.70. The topological polar surface area (TPSA) is 98.7 Å². The fourth-order valence-electron chi connectivity index (χ4n) is 4.65. The zero-order valence-corrected chi connectivity index (χ0v) is 25.6. The number of anilines is 1. The number of aliphatic hydroxyl groups excluding tert-OH is 1. The molecule has 2 aromatic heterocycles. The summed E-state index contributed by atoms with van der Waals surface area (Å²) in [4.78, 5) is 39.0. The Balaban J connectivity index is 1.49. The van der Waals surface area contributed by atoms with Crippen LogP contribution in [0.25, 0.3) is 0 Å². The van der Waals surface area contributed by atoms with Gasteiger partial charge in [0.1, 0.15) is 5.01 Å². The van der Waals surface area contributed by atoms with E-state index >= 15 is 0 Å². The monoisotopic (exact) mass is 585 g/mol. The first-order valence-corrected chi connectivity index (χ1v) is 14.9. The van der Waals surface area contributed by atoms with E-state index in [1.807, 2.05) is 60.8 Å². The normalized spacial score (nSPS) is 12.5. The van der Waals surface area contributed by atoms with Gasteiger partial charge in [-0.05, 0) is 54.7 Å². The van der Waals surface area contributed by atoms with Crippen LogP contribution < -0.4 is 10.2 Å². The Bertz CT molecular complexity index is 1490.